The van der Waals surface area contributed by atoms with Gasteiger partial charge in [-0.1, -0.05) is 6.42 Å². The summed E-state index contributed by atoms with van der Waals surface area (Å²) >= 11 is 0. The number of rotatable bonds is 6. The van der Waals surface area contributed by atoms with E-state index in [0.717, 1.165) is 17.5 Å². The Labute approximate surface area is 177 Å². The van der Waals surface area contributed by atoms with Crippen molar-refractivity contribution >= 4 is 16.9 Å². The van der Waals surface area contributed by atoms with Crippen LogP contribution in [0.5, 0.6) is 5.75 Å². The van der Waals surface area contributed by atoms with Crippen LogP contribution in [0.2, 0.25) is 0 Å². The second kappa shape index (κ2) is 9.21. The molecule has 1 aromatic carbocycles. The summed E-state index contributed by atoms with van der Waals surface area (Å²) in [5.41, 5.74) is 1.60. The highest BCUT2D eigenvalue weighted by Gasteiger charge is 2.32. The third kappa shape index (κ3) is 4.38. The number of hydrogen-bond donors (Lipinski definition) is 1. The van der Waals surface area contributed by atoms with Gasteiger partial charge in [0, 0.05) is 36.0 Å². The molecule has 0 bridgehead atoms. The SMILES string of the molecule is COc1ccc2c(C)c(CCC(=O)NC[C@@H]3CCCN4CCCC[C@@H]34)c(=O)oc2c1. The Balaban J connectivity index is 1.36. The summed E-state index contributed by atoms with van der Waals surface area (Å²) in [6, 6.07) is 6.10. The lowest BCUT2D eigenvalue weighted by Gasteiger charge is -2.44. The van der Waals surface area contributed by atoms with Gasteiger partial charge in [0.1, 0.15) is 11.3 Å². The molecule has 1 aromatic heterocycles. The Bertz CT molecular complexity index is 966. The predicted octanol–water partition coefficient (Wildman–Crippen LogP) is 3.42. The van der Waals surface area contributed by atoms with Gasteiger partial charge in [0.15, 0.2) is 0 Å². The summed E-state index contributed by atoms with van der Waals surface area (Å²) in [6.07, 6.45) is 6.96. The maximum Gasteiger partial charge on any atom is 0.339 e. The quantitative estimate of drug-likeness (QED) is 0.736. The number of nitrogens with one attached hydrogen (secondary N) is 1. The van der Waals surface area contributed by atoms with E-state index in [1.807, 2.05) is 19.1 Å². The van der Waals surface area contributed by atoms with E-state index in [4.69, 9.17) is 9.15 Å². The molecule has 4 rings (SSSR count). The van der Waals surface area contributed by atoms with Gasteiger partial charge in [-0.3, -0.25) is 4.79 Å². The molecule has 0 unspecified atom stereocenters. The highest BCUT2D eigenvalue weighted by atomic mass is 16.5. The Kier molecular flexibility index (Phi) is 6.42. The van der Waals surface area contributed by atoms with E-state index in [2.05, 4.69) is 10.2 Å². The van der Waals surface area contributed by atoms with Crippen LogP contribution in [-0.4, -0.2) is 43.6 Å². The van der Waals surface area contributed by atoms with Crippen LogP contribution in [0, 0.1) is 12.8 Å². The van der Waals surface area contributed by atoms with Crippen molar-refractivity contribution in [3.63, 3.8) is 0 Å². The maximum atomic E-state index is 12.5. The van der Waals surface area contributed by atoms with Gasteiger partial charge in [-0.05, 0) is 75.7 Å². The highest BCUT2D eigenvalue weighted by Crippen LogP contribution is 2.30. The summed E-state index contributed by atoms with van der Waals surface area (Å²) in [6.45, 7) is 5.07. The first-order chi connectivity index (χ1) is 14.6. The van der Waals surface area contributed by atoms with E-state index in [-0.39, 0.29) is 11.5 Å². The first kappa shape index (κ1) is 20.9. The number of piperidine rings is 2. The van der Waals surface area contributed by atoms with Crippen LogP contribution < -0.4 is 15.7 Å². The number of hydrogen-bond acceptors (Lipinski definition) is 5. The lowest BCUT2D eigenvalue weighted by Crippen LogP contribution is -2.51. The molecule has 0 aliphatic carbocycles. The fourth-order valence-electron chi connectivity index (χ4n) is 5.18. The Morgan fingerprint density at radius 1 is 1.23 bits per heavy atom. The zero-order valence-electron chi connectivity index (χ0n) is 18.0. The lowest BCUT2D eigenvalue weighted by atomic mass is 9.83. The Morgan fingerprint density at radius 3 is 2.90 bits per heavy atom. The van der Waals surface area contributed by atoms with Crippen LogP contribution in [0.4, 0.5) is 0 Å². The Morgan fingerprint density at radius 2 is 2.07 bits per heavy atom. The van der Waals surface area contributed by atoms with Gasteiger partial charge in [0.2, 0.25) is 5.91 Å². The molecule has 0 spiro atoms. The molecule has 2 aliphatic heterocycles. The van der Waals surface area contributed by atoms with Gasteiger partial charge in [0.25, 0.3) is 0 Å². The first-order valence-electron chi connectivity index (χ1n) is 11.2. The van der Waals surface area contributed by atoms with E-state index in [9.17, 15) is 9.59 Å². The molecule has 1 N–H and O–H groups in total. The average Bonchev–Trinajstić information content (AvgIpc) is 2.77. The highest BCUT2D eigenvalue weighted by molar-refractivity contribution is 5.82. The molecular weight excluding hydrogens is 380 g/mol. The van der Waals surface area contributed by atoms with Crippen molar-refractivity contribution in [1.82, 2.24) is 10.2 Å². The second-order valence-corrected chi connectivity index (χ2v) is 8.66. The fraction of sp³-hybridized carbons (Fsp3) is 0.583. The summed E-state index contributed by atoms with van der Waals surface area (Å²) in [4.78, 5) is 27.6. The van der Waals surface area contributed by atoms with Crippen molar-refractivity contribution in [1.29, 1.82) is 0 Å². The lowest BCUT2D eigenvalue weighted by molar-refractivity contribution is -0.121. The first-order valence-corrected chi connectivity index (χ1v) is 11.2. The second-order valence-electron chi connectivity index (χ2n) is 8.66. The van der Waals surface area contributed by atoms with Crippen molar-refractivity contribution < 1.29 is 13.9 Å². The fourth-order valence-corrected chi connectivity index (χ4v) is 5.18. The zero-order valence-corrected chi connectivity index (χ0v) is 18.0. The molecule has 3 heterocycles. The van der Waals surface area contributed by atoms with Gasteiger partial charge in [0.05, 0.1) is 7.11 Å². The van der Waals surface area contributed by atoms with E-state index in [1.165, 1.54) is 45.2 Å². The third-order valence-corrected chi connectivity index (χ3v) is 6.89. The van der Waals surface area contributed by atoms with E-state index >= 15 is 0 Å². The van der Waals surface area contributed by atoms with E-state index < -0.39 is 0 Å². The normalized spacial score (nSPS) is 21.9. The standard InChI is InChI=1S/C24H32N2O4/c1-16-19-9-8-18(29-2)14-22(19)30-24(28)20(16)10-11-23(27)25-15-17-6-5-13-26-12-4-3-7-21(17)26/h8-9,14,17,21H,3-7,10-13,15H2,1-2H3,(H,25,27)/t17-,21-/m0/s1. The van der Waals surface area contributed by atoms with Gasteiger partial charge in [-0.15, -0.1) is 0 Å². The Hall–Kier alpha value is -2.34. The number of fused-ring (bicyclic) bond motifs is 2. The van der Waals surface area contributed by atoms with Crippen molar-refractivity contribution in [3.8, 4) is 5.75 Å². The van der Waals surface area contributed by atoms with Crippen LogP contribution in [0.3, 0.4) is 0 Å². The largest absolute Gasteiger partial charge is 0.497 e. The monoisotopic (exact) mass is 412 g/mol. The third-order valence-electron chi connectivity index (χ3n) is 6.89. The number of methoxy groups -OCH3 is 1. The predicted molar refractivity (Wildman–Crippen MR) is 117 cm³/mol. The van der Waals surface area contributed by atoms with Crippen molar-refractivity contribution in [2.24, 2.45) is 5.92 Å². The van der Waals surface area contributed by atoms with Crippen LogP contribution in [-0.2, 0) is 11.2 Å². The molecule has 2 aliphatic rings. The molecule has 2 aromatic rings. The van der Waals surface area contributed by atoms with Crippen LogP contribution >= 0.6 is 0 Å². The summed E-state index contributed by atoms with van der Waals surface area (Å²) in [7, 11) is 1.58. The van der Waals surface area contributed by atoms with Crippen LogP contribution in [0.1, 0.15) is 49.7 Å². The van der Waals surface area contributed by atoms with E-state index in [0.29, 0.717) is 41.7 Å². The van der Waals surface area contributed by atoms with Crippen LogP contribution in [0.25, 0.3) is 11.0 Å². The number of amides is 1. The number of aryl methyl sites for hydroxylation is 1. The minimum absolute atomic E-state index is 0.0107. The van der Waals surface area contributed by atoms with Crippen molar-refractivity contribution in [3.05, 3.63) is 39.7 Å². The summed E-state index contributed by atoms with van der Waals surface area (Å²) < 4.78 is 10.7. The molecule has 6 heteroatoms. The van der Waals surface area contributed by atoms with Crippen molar-refractivity contribution in [2.45, 2.75) is 57.9 Å². The van der Waals surface area contributed by atoms with Gasteiger partial charge in [-0.25, -0.2) is 4.79 Å². The number of benzene rings is 1. The minimum atomic E-state index is -0.369. The van der Waals surface area contributed by atoms with Crippen molar-refractivity contribution in [2.75, 3.05) is 26.7 Å². The molecule has 1 amide bonds. The molecule has 6 nitrogen and oxygen atoms in total. The average molecular weight is 413 g/mol. The molecule has 2 fully saturated rings. The number of carbonyl (C=O) groups excluding carboxylic acids is 1. The van der Waals surface area contributed by atoms with Gasteiger partial charge >= 0.3 is 5.63 Å². The van der Waals surface area contributed by atoms with E-state index in [1.54, 1.807) is 13.2 Å². The molecule has 0 radical (unpaired) electrons. The van der Waals surface area contributed by atoms with Gasteiger partial charge < -0.3 is 19.4 Å². The summed E-state index contributed by atoms with van der Waals surface area (Å²) in [5.74, 6) is 1.21. The molecule has 162 valence electrons. The zero-order chi connectivity index (χ0) is 21.1. The number of nitrogens with zero attached hydrogens (tertiary/aromatic N) is 1. The molecular formula is C24H32N2O4. The van der Waals surface area contributed by atoms with Gasteiger partial charge in [-0.2, -0.15) is 0 Å². The van der Waals surface area contributed by atoms with Crippen LogP contribution in [0.15, 0.2) is 27.4 Å². The maximum absolute atomic E-state index is 12.5. The molecule has 0 saturated carbocycles. The molecule has 30 heavy (non-hydrogen) atoms. The molecule has 2 saturated heterocycles. The number of ether oxygens (including phenoxy) is 1. The summed E-state index contributed by atoms with van der Waals surface area (Å²) in [5, 5.41) is 4.01. The smallest absolute Gasteiger partial charge is 0.339 e. The topological polar surface area (TPSA) is 71.8 Å². The minimum Gasteiger partial charge on any atom is -0.497 e. The molecule has 2 atom stereocenters. The number of carbonyl (C=O) groups is 1.